The van der Waals surface area contributed by atoms with Crippen molar-refractivity contribution in [1.29, 1.82) is 0 Å². The standard InChI is InChI=1S/C62H117NO18/c1-3-5-7-9-11-13-15-17-19-21-22-24-25-27-29-31-33-35-37-39-46(67)45(63-50(68)40-38-36-34-32-30-28-26-23-20-18-16-14-12-10-8-6-4-2)44-76-60-56(74)53(71)58(48(42-65)78-60)81-62-57(75)54(72)59(49(43-66)79-62)80-61-55(73)52(70)51(69)47(41-64)77-61/h37,39,45-49,51-62,64-67,69-75H,3-36,38,40-44H2,1-2H3,(H,63,68)/b39-37+. The molecule has 17 unspecified atom stereocenters. The number of rotatable bonds is 49. The molecule has 3 rings (SSSR count). The molecule has 12 N–H and O–H groups in total. The summed E-state index contributed by atoms with van der Waals surface area (Å²) >= 11 is 0. The fraction of sp³-hybridized carbons (Fsp3) is 0.952. The van der Waals surface area contributed by atoms with Gasteiger partial charge in [0.1, 0.15) is 73.2 Å². The number of hydrogen-bond acceptors (Lipinski definition) is 18. The van der Waals surface area contributed by atoms with E-state index in [0.29, 0.717) is 6.42 Å². The Morgan fingerprint density at radius 3 is 1.16 bits per heavy atom. The third-order valence-corrected chi connectivity index (χ3v) is 16.6. The van der Waals surface area contributed by atoms with E-state index in [1.54, 1.807) is 6.08 Å². The van der Waals surface area contributed by atoms with Crippen LogP contribution in [0.3, 0.4) is 0 Å². The molecule has 17 atom stereocenters. The molecular formula is C62H117NO18. The van der Waals surface area contributed by atoms with Gasteiger partial charge in [0.05, 0.1) is 38.6 Å². The molecule has 19 heteroatoms. The van der Waals surface area contributed by atoms with Crippen molar-refractivity contribution in [2.75, 3.05) is 26.4 Å². The Balaban J connectivity index is 1.48. The lowest BCUT2D eigenvalue weighted by Crippen LogP contribution is -2.66. The van der Waals surface area contributed by atoms with Gasteiger partial charge in [-0.05, 0) is 19.3 Å². The first-order valence-corrected chi connectivity index (χ1v) is 32.4. The molecule has 0 spiro atoms. The summed E-state index contributed by atoms with van der Waals surface area (Å²) in [6, 6.07) is -0.967. The SMILES string of the molecule is CCCCCCCCCCCCCCCCCCC/C=C/C(O)C(COC1OC(CO)C(OC2OC(CO)C(OC3OC(CO)C(O)C(O)C3O)C(O)C2O)C(O)C1O)NC(=O)CCCCCCCCCCCCCCCCCCC. The number of aliphatic hydroxyl groups excluding tert-OH is 11. The van der Waals surface area contributed by atoms with Gasteiger partial charge in [-0.3, -0.25) is 4.79 Å². The monoisotopic (exact) mass is 1160 g/mol. The van der Waals surface area contributed by atoms with Crippen LogP contribution in [0, 0.1) is 0 Å². The second-order valence-electron chi connectivity index (χ2n) is 23.6. The molecule has 0 bridgehead atoms. The Kier molecular flexibility index (Phi) is 41.7. The fourth-order valence-corrected chi connectivity index (χ4v) is 11.3. The molecule has 3 saturated heterocycles. The highest BCUT2D eigenvalue weighted by atomic mass is 16.8. The maximum Gasteiger partial charge on any atom is 0.220 e. The lowest BCUT2D eigenvalue weighted by molar-refractivity contribution is -0.379. The Hall–Kier alpha value is -1.47. The first-order valence-electron chi connectivity index (χ1n) is 32.4. The summed E-state index contributed by atoms with van der Waals surface area (Å²) in [5.74, 6) is -0.271. The first kappa shape index (κ1) is 73.8. The van der Waals surface area contributed by atoms with Crippen molar-refractivity contribution in [3.05, 3.63) is 12.2 Å². The topological polar surface area (TPSA) is 307 Å². The Labute approximate surface area is 486 Å². The van der Waals surface area contributed by atoms with E-state index < -0.39 is 124 Å². The molecule has 0 aromatic carbocycles. The number of ether oxygens (including phenoxy) is 6. The summed E-state index contributed by atoms with van der Waals surface area (Å²) in [6.45, 7) is 1.75. The van der Waals surface area contributed by atoms with Crippen molar-refractivity contribution in [2.45, 2.75) is 349 Å². The van der Waals surface area contributed by atoms with Gasteiger partial charge in [-0.15, -0.1) is 0 Å². The maximum atomic E-state index is 13.4. The van der Waals surface area contributed by atoms with Gasteiger partial charge in [-0.2, -0.15) is 0 Å². The Morgan fingerprint density at radius 2 is 0.765 bits per heavy atom. The van der Waals surface area contributed by atoms with Crippen molar-refractivity contribution in [2.24, 2.45) is 0 Å². The average molecular weight is 1160 g/mol. The van der Waals surface area contributed by atoms with Crippen LogP contribution in [0.4, 0.5) is 0 Å². The molecular weight excluding hydrogens is 1050 g/mol. The summed E-state index contributed by atoms with van der Waals surface area (Å²) < 4.78 is 34.3. The highest BCUT2D eigenvalue weighted by Gasteiger charge is 2.53. The minimum atomic E-state index is -1.97. The van der Waals surface area contributed by atoms with E-state index in [1.807, 2.05) is 6.08 Å². The molecule has 0 aliphatic carbocycles. The molecule has 478 valence electrons. The first-order chi connectivity index (χ1) is 39.3. The van der Waals surface area contributed by atoms with Crippen LogP contribution in [-0.4, -0.2) is 193 Å². The van der Waals surface area contributed by atoms with Gasteiger partial charge in [-0.1, -0.05) is 231 Å². The van der Waals surface area contributed by atoms with Crippen LogP contribution >= 0.6 is 0 Å². The van der Waals surface area contributed by atoms with E-state index in [1.165, 1.54) is 173 Å². The smallest absolute Gasteiger partial charge is 0.220 e. The lowest BCUT2D eigenvalue weighted by Gasteiger charge is -2.48. The second kappa shape index (κ2) is 45.8. The van der Waals surface area contributed by atoms with E-state index in [2.05, 4.69) is 19.2 Å². The van der Waals surface area contributed by atoms with E-state index in [-0.39, 0.29) is 18.9 Å². The number of unbranched alkanes of at least 4 members (excludes halogenated alkanes) is 33. The summed E-state index contributed by atoms with van der Waals surface area (Å²) in [4.78, 5) is 13.4. The van der Waals surface area contributed by atoms with Crippen molar-refractivity contribution in [3.63, 3.8) is 0 Å². The normalized spacial score (nSPS) is 29.8. The van der Waals surface area contributed by atoms with Crippen molar-refractivity contribution in [1.82, 2.24) is 5.32 Å². The van der Waals surface area contributed by atoms with Crippen molar-refractivity contribution in [3.8, 4) is 0 Å². The molecule has 3 heterocycles. The molecule has 3 aliphatic rings. The molecule has 0 radical (unpaired) electrons. The predicted octanol–water partition coefficient (Wildman–Crippen LogP) is 6.94. The molecule has 19 nitrogen and oxygen atoms in total. The van der Waals surface area contributed by atoms with Gasteiger partial charge in [0, 0.05) is 6.42 Å². The van der Waals surface area contributed by atoms with Crippen LogP contribution in [0.25, 0.3) is 0 Å². The zero-order valence-electron chi connectivity index (χ0n) is 50.0. The van der Waals surface area contributed by atoms with Crippen molar-refractivity contribution < 1.29 is 89.4 Å². The molecule has 81 heavy (non-hydrogen) atoms. The minimum Gasteiger partial charge on any atom is -0.394 e. The molecule has 0 saturated carbocycles. The Bertz CT molecular complexity index is 1530. The summed E-state index contributed by atoms with van der Waals surface area (Å²) in [5, 5.41) is 120. The highest BCUT2D eigenvalue weighted by molar-refractivity contribution is 5.76. The van der Waals surface area contributed by atoms with Gasteiger partial charge in [0.25, 0.3) is 0 Å². The zero-order valence-corrected chi connectivity index (χ0v) is 50.0. The molecule has 1 amide bonds. The number of allylic oxidation sites excluding steroid dienone is 1. The fourth-order valence-electron chi connectivity index (χ4n) is 11.3. The number of hydrogen-bond donors (Lipinski definition) is 12. The van der Waals surface area contributed by atoms with Gasteiger partial charge in [0.15, 0.2) is 18.9 Å². The van der Waals surface area contributed by atoms with E-state index >= 15 is 0 Å². The van der Waals surface area contributed by atoms with Crippen LogP contribution in [0.2, 0.25) is 0 Å². The van der Waals surface area contributed by atoms with Gasteiger partial charge in [-0.25, -0.2) is 0 Å². The number of amides is 1. The van der Waals surface area contributed by atoms with Crippen LogP contribution in [0.5, 0.6) is 0 Å². The summed E-state index contributed by atoms with van der Waals surface area (Å²) in [5.41, 5.74) is 0. The number of carbonyl (C=O) groups is 1. The number of nitrogens with one attached hydrogen (secondary N) is 1. The largest absolute Gasteiger partial charge is 0.394 e. The van der Waals surface area contributed by atoms with Gasteiger partial charge < -0.3 is 89.9 Å². The molecule has 3 aliphatic heterocycles. The summed E-state index contributed by atoms with van der Waals surface area (Å²) in [7, 11) is 0. The quantitative estimate of drug-likeness (QED) is 0.0217. The van der Waals surface area contributed by atoms with E-state index in [0.717, 1.165) is 44.9 Å². The van der Waals surface area contributed by atoms with Crippen LogP contribution in [0.15, 0.2) is 12.2 Å². The average Bonchev–Trinajstić information content (AvgIpc) is 3.46. The molecule has 0 aromatic heterocycles. The van der Waals surface area contributed by atoms with Crippen LogP contribution in [0.1, 0.15) is 245 Å². The predicted molar refractivity (Wildman–Crippen MR) is 310 cm³/mol. The van der Waals surface area contributed by atoms with E-state index in [4.69, 9.17) is 28.4 Å². The third kappa shape index (κ3) is 29.2. The number of carbonyl (C=O) groups excluding carboxylic acids is 1. The number of aliphatic hydroxyl groups is 11. The Morgan fingerprint density at radius 1 is 0.432 bits per heavy atom. The van der Waals surface area contributed by atoms with Gasteiger partial charge >= 0.3 is 0 Å². The van der Waals surface area contributed by atoms with E-state index in [9.17, 15) is 61.0 Å². The van der Waals surface area contributed by atoms with Gasteiger partial charge in [0.2, 0.25) is 5.91 Å². The lowest BCUT2D eigenvalue weighted by atomic mass is 9.96. The van der Waals surface area contributed by atoms with Crippen LogP contribution < -0.4 is 5.32 Å². The minimum absolute atomic E-state index is 0.249. The van der Waals surface area contributed by atoms with Crippen molar-refractivity contribution >= 4 is 5.91 Å². The maximum absolute atomic E-state index is 13.4. The molecule has 3 fully saturated rings. The second-order valence-corrected chi connectivity index (χ2v) is 23.6. The third-order valence-electron chi connectivity index (χ3n) is 16.6. The summed E-state index contributed by atoms with van der Waals surface area (Å²) in [6.07, 6.45) is 20.4. The zero-order chi connectivity index (χ0) is 59.0. The molecule has 0 aromatic rings. The van der Waals surface area contributed by atoms with Crippen LogP contribution in [-0.2, 0) is 33.2 Å². The highest BCUT2D eigenvalue weighted by Crippen LogP contribution is 2.33.